The predicted molar refractivity (Wildman–Crippen MR) is 578 cm³/mol. The highest BCUT2D eigenvalue weighted by Crippen LogP contribution is 2.41. The number of unbranched alkanes of at least 4 members (excludes halogenated alkanes) is 68. The number of nitrogens with one attached hydrogen (secondary N) is 2. The Bertz CT molecular complexity index is 3710. The van der Waals surface area contributed by atoms with Crippen molar-refractivity contribution in [2.24, 2.45) is 0 Å². The molecule has 8 bridgehead atoms. The summed E-state index contributed by atoms with van der Waals surface area (Å²) in [6.07, 6.45) is 107. The van der Waals surface area contributed by atoms with E-state index in [0.717, 1.165) is 164 Å². The molecule has 4 aromatic carbocycles. The molecule has 0 amide bonds. The number of rotatable bonds is 84. The number of aromatic amines is 2. The molecule has 0 spiro atoms. The van der Waals surface area contributed by atoms with Crippen LogP contribution in [0.1, 0.15) is 513 Å². The highest BCUT2D eigenvalue weighted by atomic mass is 16.5. The first-order valence-corrected chi connectivity index (χ1v) is 56.6. The zero-order chi connectivity index (χ0) is 91.9. The van der Waals surface area contributed by atoms with Gasteiger partial charge in [-0.1, -0.05) is 513 Å². The van der Waals surface area contributed by atoms with E-state index in [0.29, 0.717) is 0 Å². The molecule has 9 rings (SSSR count). The smallest absolute Gasteiger partial charge is 0.119 e. The fourth-order valence-corrected chi connectivity index (χ4v) is 20.1. The van der Waals surface area contributed by atoms with Crippen LogP contribution in [-0.4, -0.2) is 46.4 Å². The van der Waals surface area contributed by atoms with Gasteiger partial charge in [0.2, 0.25) is 0 Å². The molecule has 0 fully saturated rings. The fourth-order valence-electron chi connectivity index (χ4n) is 20.1. The number of hydrogen-bond donors (Lipinski definition) is 2. The van der Waals surface area contributed by atoms with Gasteiger partial charge in [0.1, 0.15) is 23.0 Å². The van der Waals surface area contributed by atoms with Crippen LogP contribution in [0.4, 0.5) is 0 Å². The van der Waals surface area contributed by atoms with Gasteiger partial charge in [-0.05, 0) is 145 Å². The van der Waals surface area contributed by atoms with Gasteiger partial charge in [-0.25, -0.2) is 9.97 Å². The van der Waals surface area contributed by atoms with E-state index in [2.05, 4.69) is 183 Å². The first-order valence-electron chi connectivity index (χ1n) is 56.6. The molecule has 7 aromatic rings. The van der Waals surface area contributed by atoms with Crippen molar-refractivity contribution in [2.45, 2.75) is 490 Å². The second-order valence-corrected chi connectivity index (χ2v) is 40.0. The molecule has 0 saturated carbocycles. The van der Waals surface area contributed by atoms with Crippen LogP contribution in [-0.2, 0) is 0 Å². The van der Waals surface area contributed by atoms with Crippen molar-refractivity contribution in [1.29, 1.82) is 0 Å². The van der Waals surface area contributed by atoms with Gasteiger partial charge in [-0.15, -0.1) is 0 Å². The lowest BCUT2D eigenvalue weighted by atomic mass is 10.0. The molecule has 2 aliphatic heterocycles. The third-order valence-electron chi connectivity index (χ3n) is 28.4. The van der Waals surface area contributed by atoms with Crippen LogP contribution in [0, 0.1) is 0 Å². The monoisotopic (exact) mass is 1800 g/mol. The molecule has 0 aliphatic carbocycles. The van der Waals surface area contributed by atoms with E-state index in [1.807, 2.05) is 0 Å². The van der Waals surface area contributed by atoms with E-state index in [1.54, 1.807) is 0 Å². The van der Waals surface area contributed by atoms with Crippen LogP contribution >= 0.6 is 0 Å². The first-order chi connectivity index (χ1) is 65.5. The maximum atomic E-state index is 6.53. The summed E-state index contributed by atoms with van der Waals surface area (Å²) >= 11 is 0. The van der Waals surface area contributed by atoms with Crippen LogP contribution in [0.5, 0.6) is 23.0 Å². The number of fused-ring (bicyclic) bond motifs is 8. The summed E-state index contributed by atoms with van der Waals surface area (Å²) in [6.45, 7) is 12.1. The van der Waals surface area contributed by atoms with Gasteiger partial charge in [0.15, 0.2) is 0 Å². The zero-order valence-electron chi connectivity index (χ0n) is 85.1. The third-order valence-corrected chi connectivity index (χ3v) is 28.4. The molecule has 2 aliphatic rings. The summed E-state index contributed by atoms with van der Waals surface area (Å²) in [5, 5.41) is 0. The molecule has 5 heterocycles. The maximum absolute atomic E-state index is 6.53. The van der Waals surface area contributed by atoms with Crippen LogP contribution in [0.25, 0.3) is 90.9 Å². The van der Waals surface area contributed by atoms with E-state index >= 15 is 0 Å². The van der Waals surface area contributed by atoms with E-state index in [4.69, 9.17) is 28.9 Å². The summed E-state index contributed by atoms with van der Waals surface area (Å²) in [6, 6.07) is 44.0. The Labute approximate surface area is 808 Å². The minimum Gasteiger partial charge on any atom is -0.494 e. The van der Waals surface area contributed by atoms with Crippen LogP contribution in [0.3, 0.4) is 0 Å². The summed E-state index contributed by atoms with van der Waals surface area (Å²) in [5.74, 6) is 3.58. The van der Waals surface area contributed by atoms with Gasteiger partial charge in [-0.3, -0.25) is 0 Å². The summed E-state index contributed by atoms with van der Waals surface area (Å²) in [5.41, 5.74) is 15.7. The molecule has 0 unspecified atom stereocenters. The fraction of sp³-hybridized carbons (Fsp3) is 0.645. The average molecular weight is 1800 g/mol. The molecule has 0 saturated heterocycles. The van der Waals surface area contributed by atoms with E-state index in [9.17, 15) is 0 Å². The van der Waals surface area contributed by atoms with Crippen molar-refractivity contribution in [3.8, 4) is 67.5 Å². The topological polar surface area (TPSA) is 94.3 Å². The molecule has 3 aromatic heterocycles. The van der Waals surface area contributed by atoms with Gasteiger partial charge < -0.3 is 28.9 Å². The van der Waals surface area contributed by atoms with Crippen molar-refractivity contribution in [3.05, 3.63) is 144 Å². The molecular weight excluding hydrogens is 1610 g/mol. The highest BCUT2D eigenvalue weighted by molar-refractivity contribution is 6.00. The number of aromatic nitrogens is 4. The molecule has 132 heavy (non-hydrogen) atoms. The average Bonchev–Trinajstić information content (AvgIpc) is 1.61. The zero-order valence-corrected chi connectivity index (χ0v) is 85.1. The Balaban J connectivity index is 0.901. The molecule has 8 nitrogen and oxygen atoms in total. The van der Waals surface area contributed by atoms with Gasteiger partial charge in [0, 0.05) is 44.3 Å². The highest BCUT2D eigenvalue weighted by Gasteiger charge is 2.21. The van der Waals surface area contributed by atoms with Gasteiger partial charge in [-0.2, -0.15) is 0 Å². The number of H-pyrrole nitrogens is 2. The van der Waals surface area contributed by atoms with Crippen molar-refractivity contribution < 1.29 is 18.9 Å². The van der Waals surface area contributed by atoms with E-state index in [1.165, 1.54) is 437 Å². The van der Waals surface area contributed by atoms with E-state index in [-0.39, 0.29) is 0 Å². The first kappa shape index (κ1) is 108. The largest absolute Gasteiger partial charge is 0.494 e. The lowest BCUT2D eigenvalue weighted by molar-refractivity contribution is 0.304. The van der Waals surface area contributed by atoms with Gasteiger partial charge >= 0.3 is 0 Å². The number of nitrogens with zero attached hydrogens (tertiary/aromatic N) is 2. The normalized spacial score (nSPS) is 11.9. The molecule has 730 valence electrons. The Kier molecular flexibility index (Phi) is 59.2. The quantitative estimate of drug-likeness (QED) is 0.0369. The Morgan fingerprint density at radius 2 is 0.288 bits per heavy atom. The lowest BCUT2D eigenvalue weighted by Gasteiger charge is -2.10. The second kappa shape index (κ2) is 72.1. The molecular formula is C124H190N4O4. The molecule has 8 heteroatoms. The SMILES string of the molecule is CCCCCCCCCCCCCCCCCCCCOc1ccc(-c2c3nc(c(-c4ccc(OCCCCCCCCCCCCCCCCCCCC)cc4)c4ccc([nH]4)c(-c4ccc(OCCCCCCCCCCCCCCCCCCCC)cc4)c4nc(c(-c5ccc(OCCCCCCCCCCCCCCCCCCCC)cc5)c5ccc2[nH]5)C=C4)C=C3)cc1. The Morgan fingerprint density at radius 3 is 0.424 bits per heavy atom. The second-order valence-electron chi connectivity index (χ2n) is 40.0. The van der Waals surface area contributed by atoms with Crippen LogP contribution in [0.15, 0.2) is 121 Å². The number of hydrogen-bond acceptors (Lipinski definition) is 6. The van der Waals surface area contributed by atoms with Crippen molar-refractivity contribution in [3.63, 3.8) is 0 Å². The molecule has 2 N–H and O–H groups in total. The summed E-state index contributed by atoms with van der Waals surface area (Å²) < 4.78 is 26.1. The number of ether oxygens (including phenoxy) is 4. The van der Waals surface area contributed by atoms with Crippen LogP contribution in [0.2, 0.25) is 0 Å². The minimum atomic E-state index is 0.719. The Hall–Kier alpha value is -7.32. The number of benzene rings is 4. The lowest BCUT2D eigenvalue weighted by Crippen LogP contribution is -1.97. The maximum Gasteiger partial charge on any atom is 0.119 e. The van der Waals surface area contributed by atoms with Crippen LogP contribution < -0.4 is 18.9 Å². The third kappa shape index (κ3) is 45.1. The van der Waals surface area contributed by atoms with Crippen molar-refractivity contribution in [2.75, 3.05) is 26.4 Å². The van der Waals surface area contributed by atoms with Crippen molar-refractivity contribution in [1.82, 2.24) is 19.9 Å². The molecule has 0 radical (unpaired) electrons. The summed E-state index contributed by atoms with van der Waals surface area (Å²) in [7, 11) is 0. The Morgan fingerprint density at radius 1 is 0.159 bits per heavy atom. The predicted octanol–water partition coefficient (Wildman–Crippen LogP) is 41.0. The summed E-state index contributed by atoms with van der Waals surface area (Å²) in [4.78, 5) is 19.6. The standard InChI is InChI=1S/C124H190N4O4/c1-5-9-13-17-21-25-29-33-37-41-45-49-53-57-61-65-69-73-101-129-109-85-77-105(78-86-109)121-113-93-95-115(125-113)122(106-79-87-110(88-80-106)130-102-74-70-66-62-58-54-50-46-42-38-34-30-26-22-18-14-10-6-2)117-97-99-119(127-117)124(108-83-91-112(92-84-108)132-104-76-72-68-64-60-56-52-48-44-40-36-32-28-24-20-16-12-8-4)120-100-98-118(128-120)123(116-96-94-114(121)126-116)107-81-89-111(90-82-107)131-103-75-71-67-63-59-55-51-47-43-39-35-31-27-23-19-15-11-7-3/h77-100,125,128H,5-76,101-104H2,1-4H3. The van der Waals surface area contributed by atoms with Gasteiger partial charge in [0.05, 0.1) is 49.2 Å². The van der Waals surface area contributed by atoms with Crippen molar-refractivity contribution >= 4 is 46.4 Å². The minimum absolute atomic E-state index is 0.719. The molecule has 0 atom stereocenters. The van der Waals surface area contributed by atoms with Gasteiger partial charge in [0.25, 0.3) is 0 Å². The van der Waals surface area contributed by atoms with E-state index < -0.39 is 0 Å².